The molecule has 1 aromatic rings. The quantitative estimate of drug-likeness (QED) is 0.417. The van der Waals surface area contributed by atoms with Gasteiger partial charge >= 0.3 is 11.9 Å². The Balaban J connectivity index is 1.96. The molecule has 0 bridgehead atoms. The van der Waals surface area contributed by atoms with E-state index in [1.807, 2.05) is 0 Å². The van der Waals surface area contributed by atoms with E-state index in [-0.39, 0.29) is 24.0 Å². The van der Waals surface area contributed by atoms with Gasteiger partial charge in [0.15, 0.2) is 0 Å². The molecule has 0 N–H and O–H groups in total. The average Bonchev–Trinajstić information content (AvgIpc) is 2.64. The highest BCUT2D eigenvalue weighted by molar-refractivity contribution is 6.23. The second kappa shape index (κ2) is 4.01. The second-order valence-electron chi connectivity index (χ2n) is 4.37. The predicted octanol–water partition coefficient (Wildman–Crippen LogP) is 0.515. The lowest BCUT2D eigenvalue weighted by atomic mass is 10.1. The number of rotatable bonds is 1. The minimum absolute atomic E-state index is 0.0177. The van der Waals surface area contributed by atoms with E-state index in [4.69, 9.17) is 0 Å². The van der Waals surface area contributed by atoms with Gasteiger partial charge in [0.05, 0.1) is 11.1 Å². The molecule has 19 heavy (non-hydrogen) atoms. The van der Waals surface area contributed by atoms with Crippen LogP contribution >= 0.6 is 0 Å². The fourth-order valence-electron chi connectivity index (χ4n) is 2.33. The van der Waals surface area contributed by atoms with Gasteiger partial charge in [0.1, 0.15) is 6.04 Å². The number of fused-ring (bicyclic) bond motifs is 1. The molecule has 0 aliphatic carbocycles. The number of hydrogen-bond acceptors (Lipinski definition) is 5. The highest BCUT2D eigenvalue weighted by atomic mass is 16.6. The van der Waals surface area contributed by atoms with Gasteiger partial charge in [-0.3, -0.25) is 19.3 Å². The largest absolute Gasteiger partial charge is 0.392 e. The first kappa shape index (κ1) is 11.6. The van der Waals surface area contributed by atoms with Gasteiger partial charge in [-0.15, -0.1) is 0 Å². The lowest BCUT2D eigenvalue weighted by Gasteiger charge is -2.26. The second-order valence-corrected chi connectivity index (χ2v) is 4.37. The molecular formula is C13H9NO5. The summed E-state index contributed by atoms with van der Waals surface area (Å²) in [5, 5.41) is 0. The van der Waals surface area contributed by atoms with E-state index in [1.165, 1.54) is 12.1 Å². The molecule has 6 heteroatoms. The highest BCUT2D eigenvalue weighted by Crippen LogP contribution is 2.27. The van der Waals surface area contributed by atoms with Gasteiger partial charge in [-0.25, -0.2) is 4.79 Å². The molecule has 2 aliphatic heterocycles. The molecule has 2 aliphatic rings. The van der Waals surface area contributed by atoms with Crippen molar-refractivity contribution < 1.29 is 23.9 Å². The molecule has 0 radical (unpaired) electrons. The Bertz CT molecular complexity index is 586. The van der Waals surface area contributed by atoms with E-state index < -0.39 is 29.8 Å². The van der Waals surface area contributed by atoms with Gasteiger partial charge in [0, 0.05) is 6.42 Å². The van der Waals surface area contributed by atoms with Crippen molar-refractivity contribution in [3.63, 3.8) is 0 Å². The van der Waals surface area contributed by atoms with Crippen molar-refractivity contribution in [3.8, 4) is 0 Å². The Morgan fingerprint density at radius 3 is 2.11 bits per heavy atom. The maximum Gasteiger partial charge on any atom is 0.337 e. The zero-order valence-electron chi connectivity index (χ0n) is 9.79. The molecule has 2 amide bonds. The molecule has 1 atom stereocenters. The number of benzene rings is 1. The van der Waals surface area contributed by atoms with Gasteiger partial charge in [0.25, 0.3) is 11.8 Å². The van der Waals surface area contributed by atoms with Gasteiger partial charge in [-0.1, -0.05) is 12.1 Å². The molecule has 6 nitrogen and oxygen atoms in total. The number of esters is 2. The first-order valence-electron chi connectivity index (χ1n) is 5.81. The Kier molecular flexibility index (Phi) is 2.45. The molecule has 1 saturated heterocycles. The number of carbonyl (C=O) groups excluding carboxylic acids is 4. The van der Waals surface area contributed by atoms with Crippen molar-refractivity contribution in [1.29, 1.82) is 0 Å². The molecule has 0 spiro atoms. The van der Waals surface area contributed by atoms with Crippen LogP contribution in [0.4, 0.5) is 0 Å². The summed E-state index contributed by atoms with van der Waals surface area (Å²) < 4.78 is 4.48. The lowest BCUT2D eigenvalue weighted by molar-refractivity contribution is -0.167. The smallest absolute Gasteiger partial charge is 0.337 e. The van der Waals surface area contributed by atoms with Gasteiger partial charge < -0.3 is 4.74 Å². The molecular weight excluding hydrogens is 250 g/mol. The van der Waals surface area contributed by atoms with Crippen LogP contribution in [0.3, 0.4) is 0 Å². The van der Waals surface area contributed by atoms with Gasteiger partial charge in [-0.2, -0.15) is 0 Å². The third-order valence-corrected chi connectivity index (χ3v) is 3.25. The Morgan fingerprint density at radius 1 is 1.00 bits per heavy atom. The Morgan fingerprint density at radius 2 is 1.58 bits per heavy atom. The van der Waals surface area contributed by atoms with Gasteiger partial charge in [0.2, 0.25) is 0 Å². The monoisotopic (exact) mass is 259 g/mol. The minimum atomic E-state index is -1.01. The lowest BCUT2D eigenvalue weighted by Crippen LogP contribution is -2.48. The fourth-order valence-corrected chi connectivity index (χ4v) is 2.33. The van der Waals surface area contributed by atoms with E-state index >= 15 is 0 Å². The first-order valence-corrected chi connectivity index (χ1v) is 5.81. The Labute approximate surface area is 107 Å². The van der Waals surface area contributed by atoms with E-state index in [0.29, 0.717) is 0 Å². The Hall–Kier alpha value is -2.50. The highest BCUT2D eigenvalue weighted by Gasteiger charge is 2.45. The van der Waals surface area contributed by atoms with Crippen molar-refractivity contribution in [2.45, 2.75) is 18.9 Å². The van der Waals surface area contributed by atoms with Crippen LogP contribution < -0.4 is 0 Å². The standard InChI is InChI=1S/C13H9NO5/c15-10-6-5-9(13(18)19-10)14-11(16)7-3-1-2-4-8(7)12(14)17/h1-4,9H,5-6H2. The minimum Gasteiger partial charge on any atom is -0.392 e. The van der Waals surface area contributed by atoms with Crippen LogP contribution in [0.25, 0.3) is 0 Å². The molecule has 3 rings (SSSR count). The third-order valence-electron chi connectivity index (χ3n) is 3.25. The summed E-state index contributed by atoms with van der Waals surface area (Å²) >= 11 is 0. The molecule has 2 heterocycles. The number of amides is 2. The molecule has 1 aromatic carbocycles. The molecule has 0 aromatic heterocycles. The van der Waals surface area contributed by atoms with Crippen LogP contribution in [0.2, 0.25) is 0 Å². The van der Waals surface area contributed by atoms with Crippen molar-refractivity contribution >= 4 is 23.8 Å². The fraction of sp³-hybridized carbons (Fsp3) is 0.231. The summed E-state index contributed by atoms with van der Waals surface area (Å²) in [6.45, 7) is 0. The van der Waals surface area contributed by atoms with Crippen LogP contribution in [0.15, 0.2) is 24.3 Å². The molecule has 1 fully saturated rings. The topological polar surface area (TPSA) is 80.8 Å². The molecule has 0 saturated carbocycles. The maximum absolute atomic E-state index is 12.1. The molecule has 96 valence electrons. The average molecular weight is 259 g/mol. The van der Waals surface area contributed by atoms with Crippen LogP contribution in [0.1, 0.15) is 33.6 Å². The molecule has 1 unspecified atom stereocenters. The summed E-state index contributed by atoms with van der Waals surface area (Å²) in [6, 6.07) is 5.36. The van der Waals surface area contributed by atoms with Crippen molar-refractivity contribution in [1.82, 2.24) is 4.90 Å². The summed E-state index contributed by atoms with van der Waals surface area (Å²) in [7, 11) is 0. The third kappa shape index (κ3) is 1.64. The zero-order valence-corrected chi connectivity index (χ0v) is 9.79. The summed E-state index contributed by atoms with van der Waals surface area (Å²) in [4.78, 5) is 47.8. The number of cyclic esters (lactones) is 2. The summed E-state index contributed by atoms with van der Waals surface area (Å²) in [5.74, 6) is -2.50. The maximum atomic E-state index is 12.1. The SMILES string of the molecule is O=C1CCC(N2C(=O)c3ccccc3C2=O)C(=O)O1. The number of ether oxygens (including phenoxy) is 1. The van der Waals surface area contributed by atoms with Crippen LogP contribution in [-0.4, -0.2) is 34.7 Å². The normalized spacial score (nSPS) is 22.5. The summed E-state index contributed by atoms with van der Waals surface area (Å²) in [6.07, 6.45) is 0.132. The van der Waals surface area contributed by atoms with E-state index in [1.54, 1.807) is 12.1 Å². The predicted molar refractivity (Wildman–Crippen MR) is 61.1 cm³/mol. The van der Waals surface area contributed by atoms with E-state index in [0.717, 1.165) is 4.90 Å². The van der Waals surface area contributed by atoms with Crippen molar-refractivity contribution in [2.75, 3.05) is 0 Å². The number of carbonyl (C=O) groups is 4. The van der Waals surface area contributed by atoms with Crippen LogP contribution in [0.5, 0.6) is 0 Å². The number of hydrogen-bond donors (Lipinski definition) is 0. The first-order chi connectivity index (χ1) is 9.09. The van der Waals surface area contributed by atoms with Crippen molar-refractivity contribution in [2.24, 2.45) is 0 Å². The number of nitrogens with zero attached hydrogens (tertiary/aromatic N) is 1. The van der Waals surface area contributed by atoms with Crippen LogP contribution in [0, 0.1) is 0 Å². The zero-order chi connectivity index (χ0) is 13.6. The number of imide groups is 1. The van der Waals surface area contributed by atoms with Gasteiger partial charge in [-0.05, 0) is 18.6 Å². The van der Waals surface area contributed by atoms with Crippen LogP contribution in [-0.2, 0) is 14.3 Å². The summed E-state index contributed by atoms with van der Waals surface area (Å²) in [5.41, 5.74) is 0.550. The van der Waals surface area contributed by atoms with Crippen molar-refractivity contribution in [3.05, 3.63) is 35.4 Å². The van der Waals surface area contributed by atoms with E-state index in [2.05, 4.69) is 4.74 Å². The van der Waals surface area contributed by atoms with E-state index in [9.17, 15) is 19.2 Å².